The molecule has 0 aromatic rings. The Labute approximate surface area is 71.4 Å². The molecule has 3 nitrogen and oxygen atoms in total. The maximum Gasteiger partial charge on any atom is 0.318 e. The van der Waals surface area contributed by atoms with E-state index in [0.29, 0.717) is 6.61 Å². The van der Waals surface area contributed by atoms with E-state index in [-0.39, 0.29) is 0 Å². The molecule has 0 rings (SSSR count). The predicted octanol–water partition coefficient (Wildman–Crippen LogP) is 2.02. The highest BCUT2D eigenvalue weighted by atomic mass is 31.2. The van der Waals surface area contributed by atoms with Crippen LogP contribution < -0.4 is 0 Å². The summed E-state index contributed by atoms with van der Waals surface area (Å²) in [5.41, 5.74) is 0. The van der Waals surface area contributed by atoms with Gasteiger partial charge in [-0.3, -0.25) is 0 Å². The molecule has 0 aliphatic rings. The van der Waals surface area contributed by atoms with E-state index in [2.05, 4.69) is 6.92 Å². The Balaban J connectivity index is 3.15. The standard InChI is InChI=1S/C6H17O3PSi/c1-4-5-6-8-10(7)9-11(2)3/h7,11H,4-6H2,1-3H3. The SMILES string of the molecule is CCCCOP(O)O[SiH](C)C. The van der Waals surface area contributed by atoms with Gasteiger partial charge in [0.25, 0.3) is 0 Å². The molecule has 0 fully saturated rings. The Bertz CT molecular complexity index is 91.9. The molecule has 5 heteroatoms. The molecule has 0 saturated heterocycles. The summed E-state index contributed by atoms with van der Waals surface area (Å²) in [5.74, 6) is 0. The molecule has 1 atom stereocenters. The van der Waals surface area contributed by atoms with Crippen molar-refractivity contribution < 1.29 is 13.6 Å². The molecule has 0 aromatic heterocycles. The average Bonchev–Trinajstić information content (AvgIpc) is 1.86. The fourth-order valence-corrected chi connectivity index (χ4v) is 2.47. The van der Waals surface area contributed by atoms with E-state index in [1.165, 1.54) is 0 Å². The molecule has 0 bridgehead atoms. The van der Waals surface area contributed by atoms with Crippen LogP contribution in [-0.4, -0.2) is 20.5 Å². The van der Waals surface area contributed by atoms with Gasteiger partial charge in [-0.15, -0.1) is 0 Å². The summed E-state index contributed by atoms with van der Waals surface area (Å²) in [7, 11) is -2.70. The molecule has 0 radical (unpaired) electrons. The van der Waals surface area contributed by atoms with Gasteiger partial charge < -0.3 is 13.6 Å². The predicted molar refractivity (Wildman–Crippen MR) is 50.0 cm³/mol. The van der Waals surface area contributed by atoms with Crippen LogP contribution in [0.4, 0.5) is 0 Å². The fraction of sp³-hybridized carbons (Fsp3) is 1.00. The minimum Gasteiger partial charge on any atom is -0.358 e. The zero-order valence-corrected chi connectivity index (χ0v) is 9.46. The van der Waals surface area contributed by atoms with Crippen LogP contribution >= 0.6 is 8.60 Å². The van der Waals surface area contributed by atoms with Gasteiger partial charge in [0.15, 0.2) is 9.04 Å². The van der Waals surface area contributed by atoms with E-state index in [4.69, 9.17) is 13.6 Å². The molecule has 11 heavy (non-hydrogen) atoms. The monoisotopic (exact) mass is 196 g/mol. The van der Waals surface area contributed by atoms with Crippen molar-refractivity contribution >= 4 is 17.6 Å². The Morgan fingerprint density at radius 1 is 1.45 bits per heavy atom. The zero-order chi connectivity index (χ0) is 8.69. The third kappa shape index (κ3) is 8.43. The van der Waals surface area contributed by atoms with E-state index >= 15 is 0 Å². The average molecular weight is 196 g/mol. The van der Waals surface area contributed by atoms with Crippen molar-refractivity contribution in [3.63, 3.8) is 0 Å². The lowest BCUT2D eigenvalue weighted by Crippen LogP contribution is -2.04. The van der Waals surface area contributed by atoms with Crippen LogP contribution in [0, 0.1) is 0 Å². The first-order chi connectivity index (χ1) is 5.16. The number of rotatable bonds is 6. The smallest absolute Gasteiger partial charge is 0.318 e. The summed E-state index contributed by atoms with van der Waals surface area (Å²) >= 11 is 0. The van der Waals surface area contributed by atoms with Gasteiger partial charge in [-0.25, -0.2) is 0 Å². The van der Waals surface area contributed by atoms with E-state index in [1.807, 2.05) is 13.1 Å². The molecule has 0 heterocycles. The number of hydrogen-bond acceptors (Lipinski definition) is 3. The van der Waals surface area contributed by atoms with Crippen molar-refractivity contribution in [1.29, 1.82) is 0 Å². The lowest BCUT2D eigenvalue weighted by molar-refractivity contribution is 0.257. The van der Waals surface area contributed by atoms with E-state index in [0.717, 1.165) is 12.8 Å². The summed E-state index contributed by atoms with van der Waals surface area (Å²) in [6, 6.07) is 0. The Kier molecular flexibility index (Phi) is 7.54. The molecule has 0 aliphatic heterocycles. The summed E-state index contributed by atoms with van der Waals surface area (Å²) in [4.78, 5) is 9.10. The van der Waals surface area contributed by atoms with Crippen LogP contribution in [0.25, 0.3) is 0 Å². The Hall–Kier alpha value is 0.527. The second-order valence-corrected chi connectivity index (χ2v) is 6.25. The van der Waals surface area contributed by atoms with Crippen LogP contribution in [-0.2, 0) is 8.74 Å². The number of unbranched alkanes of at least 4 members (excludes halogenated alkanes) is 1. The van der Waals surface area contributed by atoms with Gasteiger partial charge in [-0.05, 0) is 19.5 Å². The minimum atomic E-state index is -1.57. The van der Waals surface area contributed by atoms with E-state index in [9.17, 15) is 0 Å². The summed E-state index contributed by atoms with van der Waals surface area (Å²) in [5, 5.41) is 0. The van der Waals surface area contributed by atoms with Crippen molar-refractivity contribution in [3.05, 3.63) is 0 Å². The lowest BCUT2D eigenvalue weighted by Gasteiger charge is -2.12. The lowest BCUT2D eigenvalue weighted by atomic mass is 10.4. The van der Waals surface area contributed by atoms with Gasteiger partial charge in [0, 0.05) is 0 Å². The topological polar surface area (TPSA) is 38.7 Å². The maximum atomic E-state index is 9.10. The summed E-state index contributed by atoms with van der Waals surface area (Å²) < 4.78 is 10.2. The second kappa shape index (κ2) is 7.19. The van der Waals surface area contributed by atoms with Gasteiger partial charge in [-0.1, -0.05) is 13.3 Å². The summed E-state index contributed by atoms with van der Waals surface area (Å²) in [6.45, 7) is 6.71. The van der Waals surface area contributed by atoms with Crippen LogP contribution in [0.5, 0.6) is 0 Å². The van der Waals surface area contributed by atoms with Crippen molar-refractivity contribution in [2.45, 2.75) is 32.9 Å². The quantitative estimate of drug-likeness (QED) is 0.401. The van der Waals surface area contributed by atoms with Crippen molar-refractivity contribution in [2.24, 2.45) is 0 Å². The third-order valence-electron chi connectivity index (χ3n) is 1.00. The molecule has 1 unspecified atom stereocenters. The molecular weight excluding hydrogens is 179 g/mol. The highest BCUT2D eigenvalue weighted by Gasteiger charge is 2.08. The minimum absolute atomic E-state index is 0.611. The normalized spacial score (nSPS) is 13.9. The Morgan fingerprint density at radius 3 is 2.55 bits per heavy atom. The van der Waals surface area contributed by atoms with Crippen molar-refractivity contribution in [2.75, 3.05) is 6.61 Å². The zero-order valence-electron chi connectivity index (χ0n) is 7.41. The van der Waals surface area contributed by atoms with Crippen LogP contribution in [0.1, 0.15) is 19.8 Å². The summed E-state index contributed by atoms with van der Waals surface area (Å²) in [6.07, 6.45) is 2.07. The van der Waals surface area contributed by atoms with Crippen LogP contribution in [0.3, 0.4) is 0 Å². The first-order valence-electron chi connectivity index (χ1n) is 3.95. The second-order valence-electron chi connectivity index (χ2n) is 2.58. The molecule has 1 N–H and O–H groups in total. The highest BCUT2D eigenvalue weighted by molar-refractivity contribution is 7.42. The number of hydrogen-bond donors (Lipinski definition) is 1. The molecule has 0 spiro atoms. The van der Waals surface area contributed by atoms with Gasteiger partial charge in [0.2, 0.25) is 0 Å². The van der Waals surface area contributed by atoms with Crippen LogP contribution in [0.2, 0.25) is 13.1 Å². The first-order valence-corrected chi connectivity index (χ1v) is 7.86. The van der Waals surface area contributed by atoms with Gasteiger partial charge in [0.1, 0.15) is 0 Å². The Morgan fingerprint density at radius 2 is 2.09 bits per heavy atom. The van der Waals surface area contributed by atoms with Crippen molar-refractivity contribution in [3.8, 4) is 0 Å². The molecule has 0 aliphatic carbocycles. The van der Waals surface area contributed by atoms with Gasteiger partial charge in [0.05, 0.1) is 6.61 Å². The van der Waals surface area contributed by atoms with Gasteiger partial charge in [-0.2, -0.15) is 0 Å². The largest absolute Gasteiger partial charge is 0.358 e. The maximum absolute atomic E-state index is 9.10. The highest BCUT2D eigenvalue weighted by Crippen LogP contribution is 2.33. The van der Waals surface area contributed by atoms with E-state index in [1.54, 1.807) is 0 Å². The molecule has 0 saturated carbocycles. The van der Waals surface area contributed by atoms with E-state index < -0.39 is 17.6 Å². The first kappa shape index (κ1) is 11.5. The molecular formula is C6H17O3PSi. The van der Waals surface area contributed by atoms with Gasteiger partial charge >= 0.3 is 8.60 Å². The van der Waals surface area contributed by atoms with Crippen molar-refractivity contribution in [1.82, 2.24) is 0 Å². The third-order valence-corrected chi connectivity index (χ3v) is 3.81. The molecule has 68 valence electrons. The van der Waals surface area contributed by atoms with Crippen LogP contribution in [0.15, 0.2) is 0 Å². The molecule has 0 aromatic carbocycles. The fourth-order valence-electron chi connectivity index (χ4n) is 0.498. The molecule has 0 amide bonds.